The maximum Gasteiger partial charge on any atom is 0.239 e. The van der Waals surface area contributed by atoms with Crippen LogP contribution in [0.15, 0.2) is 42.9 Å². The maximum atomic E-state index is 12.4. The van der Waals surface area contributed by atoms with Gasteiger partial charge in [-0.2, -0.15) is 0 Å². The second-order valence-corrected chi connectivity index (χ2v) is 6.57. The molecule has 1 unspecified atom stereocenters. The van der Waals surface area contributed by atoms with Crippen molar-refractivity contribution in [2.24, 2.45) is 11.7 Å². The summed E-state index contributed by atoms with van der Waals surface area (Å²) in [7, 11) is 3.24. The summed E-state index contributed by atoms with van der Waals surface area (Å²) >= 11 is 0. The average molecular weight is 357 g/mol. The Morgan fingerprint density at radius 1 is 1.31 bits per heavy atom. The summed E-state index contributed by atoms with van der Waals surface area (Å²) in [6.07, 6.45) is 4.02. The summed E-state index contributed by atoms with van der Waals surface area (Å²) in [5.41, 5.74) is 8.01. The predicted octanol–water partition coefficient (Wildman–Crippen LogP) is 0.642. The van der Waals surface area contributed by atoms with Crippen LogP contribution in [-0.4, -0.2) is 52.9 Å². The largest absolute Gasteiger partial charge is 0.359 e. The summed E-state index contributed by atoms with van der Waals surface area (Å²) < 4.78 is 1.97. The van der Waals surface area contributed by atoms with Crippen molar-refractivity contribution < 1.29 is 9.59 Å². The number of carbonyl (C=O) groups is 2. The molecule has 1 heterocycles. The molecule has 140 valence electrons. The van der Waals surface area contributed by atoms with E-state index in [1.54, 1.807) is 27.3 Å². The molecular formula is C19H27N5O2. The van der Waals surface area contributed by atoms with Crippen LogP contribution in [-0.2, 0) is 22.6 Å². The molecular weight excluding hydrogens is 330 g/mol. The van der Waals surface area contributed by atoms with Crippen LogP contribution < -0.4 is 11.1 Å². The number of nitrogens with one attached hydrogen (secondary N) is 1. The van der Waals surface area contributed by atoms with Crippen LogP contribution in [0.4, 0.5) is 0 Å². The Labute approximate surface area is 154 Å². The summed E-state index contributed by atoms with van der Waals surface area (Å²) in [5, 5.41) is 2.58. The molecule has 0 saturated heterocycles. The van der Waals surface area contributed by atoms with Crippen LogP contribution >= 0.6 is 0 Å². The van der Waals surface area contributed by atoms with Gasteiger partial charge in [-0.25, -0.2) is 4.98 Å². The predicted molar refractivity (Wildman–Crippen MR) is 100 cm³/mol. The Kier molecular flexibility index (Phi) is 6.91. The fraction of sp³-hybridized carbons (Fsp3) is 0.421. The third-order valence-corrected chi connectivity index (χ3v) is 4.26. The summed E-state index contributed by atoms with van der Waals surface area (Å²) in [6, 6.07) is 9.40. The van der Waals surface area contributed by atoms with Crippen LogP contribution in [0, 0.1) is 5.92 Å². The highest BCUT2D eigenvalue weighted by Gasteiger charge is 2.22. The van der Waals surface area contributed by atoms with E-state index in [1.807, 2.05) is 29.0 Å². The topological polar surface area (TPSA) is 93.3 Å². The first-order chi connectivity index (χ1) is 12.4. The number of rotatable bonds is 8. The van der Waals surface area contributed by atoms with Crippen LogP contribution in [0.25, 0.3) is 0 Å². The third kappa shape index (κ3) is 5.42. The maximum absolute atomic E-state index is 12.4. The van der Waals surface area contributed by atoms with Crippen LogP contribution in [0.1, 0.15) is 18.2 Å². The second-order valence-electron chi connectivity index (χ2n) is 6.57. The van der Waals surface area contributed by atoms with E-state index in [1.165, 1.54) is 10.5 Å². The van der Waals surface area contributed by atoms with Gasteiger partial charge in [-0.15, -0.1) is 0 Å². The lowest BCUT2D eigenvalue weighted by atomic mass is 10.1. The molecule has 0 bridgehead atoms. The number of amides is 2. The zero-order chi connectivity index (χ0) is 19.1. The van der Waals surface area contributed by atoms with Crippen molar-refractivity contribution in [2.75, 3.05) is 20.6 Å². The standard InChI is InChI=1S/C19H27N5O2/c1-14(18(25)21-2)10-23(3)19(26)17(20)9-16-12-24(13-22-16)11-15-7-5-4-6-8-15/h4-8,12-14,17H,9-11,20H2,1-3H3,(H,21,25)/t14?,17-/m0/s1. The smallest absolute Gasteiger partial charge is 0.239 e. The number of aromatic nitrogens is 2. The molecule has 0 aliphatic carbocycles. The Hall–Kier alpha value is -2.67. The monoisotopic (exact) mass is 357 g/mol. The Balaban J connectivity index is 1.89. The normalized spacial score (nSPS) is 13.1. The summed E-state index contributed by atoms with van der Waals surface area (Å²) in [5.74, 6) is -0.581. The molecule has 3 N–H and O–H groups in total. The molecule has 0 fully saturated rings. The lowest BCUT2D eigenvalue weighted by Crippen LogP contribution is -2.46. The number of nitrogens with two attached hydrogens (primary N) is 1. The molecule has 0 spiro atoms. The lowest BCUT2D eigenvalue weighted by Gasteiger charge is -2.23. The van der Waals surface area contributed by atoms with Crippen LogP contribution in [0.3, 0.4) is 0 Å². The highest BCUT2D eigenvalue weighted by atomic mass is 16.2. The van der Waals surface area contributed by atoms with Gasteiger partial charge in [0.25, 0.3) is 0 Å². The first-order valence-electron chi connectivity index (χ1n) is 8.67. The minimum absolute atomic E-state index is 0.0992. The zero-order valence-corrected chi connectivity index (χ0v) is 15.6. The summed E-state index contributed by atoms with van der Waals surface area (Å²) in [4.78, 5) is 29.9. The van der Waals surface area contributed by atoms with Crippen molar-refractivity contribution in [1.29, 1.82) is 0 Å². The van der Waals surface area contributed by atoms with Gasteiger partial charge in [-0.05, 0) is 5.56 Å². The molecule has 2 atom stereocenters. The first kappa shape index (κ1) is 19.7. The van der Waals surface area contributed by atoms with Crippen molar-refractivity contribution in [2.45, 2.75) is 25.9 Å². The molecule has 0 saturated carbocycles. The number of hydrogen-bond donors (Lipinski definition) is 2. The zero-order valence-electron chi connectivity index (χ0n) is 15.6. The van der Waals surface area contributed by atoms with Gasteiger partial charge in [-0.1, -0.05) is 37.3 Å². The molecule has 7 heteroatoms. The van der Waals surface area contributed by atoms with Crippen molar-refractivity contribution in [3.63, 3.8) is 0 Å². The van der Waals surface area contributed by atoms with E-state index in [-0.39, 0.29) is 17.7 Å². The third-order valence-electron chi connectivity index (χ3n) is 4.26. The van der Waals surface area contributed by atoms with E-state index < -0.39 is 6.04 Å². The molecule has 7 nitrogen and oxygen atoms in total. The average Bonchev–Trinajstić information content (AvgIpc) is 3.07. The van der Waals surface area contributed by atoms with Gasteiger partial charge in [-0.3, -0.25) is 9.59 Å². The molecule has 0 aliphatic rings. The molecule has 2 amide bonds. The van der Waals surface area contributed by atoms with Crippen molar-refractivity contribution in [3.05, 3.63) is 54.1 Å². The molecule has 2 rings (SSSR count). The first-order valence-corrected chi connectivity index (χ1v) is 8.67. The molecule has 2 aromatic rings. The number of nitrogens with zero attached hydrogens (tertiary/aromatic N) is 3. The van der Waals surface area contributed by atoms with Crippen molar-refractivity contribution >= 4 is 11.8 Å². The quantitative estimate of drug-likeness (QED) is 0.725. The van der Waals surface area contributed by atoms with Crippen LogP contribution in [0.5, 0.6) is 0 Å². The SMILES string of the molecule is CNC(=O)C(C)CN(C)C(=O)[C@@H](N)Cc1cn(Cc2ccccc2)cn1. The Bertz CT molecular complexity index is 729. The molecule has 26 heavy (non-hydrogen) atoms. The van der Waals surface area contributed by atoms with Gasteiger partial charge in [0.2, 0.25) is 11.8 Å². The molecule has 0 aliphatic heterocycles. The molecule has 1 aromatic carbocycles. The van der Waals surface area contributed by atoms with Gasteiger partial charge < -0.3 is 20.5 Å². The van der Waals surface area contributed by atoms with Gasteiger partial charge >= 0.3 is 0 Å². The van der Waals surface area contributed by atoms with Gasteiger partial charge in [0.05, 0.1) is 24.0 Å². The number of imidazole rings is 1. The van der Waals surface area contributed by atoms with E-state index >= 15 is 0 Å². The molecule has 1 aromatic heterocycles. The number of likely N-dealkylation sites (N-methyl/N-ethyl adjacent to an activating group) is 1. The van der Waals surface area contributed by atoms with E-state index in [0.29, 0.717) is 13.0 Å². The lowest BCUT2D eigenvalue weighted by molar-refractivity contribution is -0.133. The van der Waals surface area contributed by atoms with E-state index in [4.69, 9.17) is 5.73 Å². The van der Waals surface area contributed by atoms with Crippen LogP contribution in [0.2, 0.25) is 0 Å². The van der Waals surface area contributed by atoms with Crippen molar-refractivity contribution in [1.82, 2.24) is 19.8 Å². The highest BCUT2D eigenvalue weighted by Crippen LogP contribution is 2.07. The fourth-order valence-electron chi connectivity index (χ4n) is 2.82. The van der Waals surface area contributed by atoms with Gasteiger partial charge in [0, 0.05) is 39.8 Å². The number of hydrogen-bond acceptors (Lipinski definition) is 4. The minimum atomic E-state index is -0.683. The molecule has 0 radical (unpaired) electrons. The van der Waals surface area contributed by atoms with E-state index in [9.17, 15) is 9.59 Å². The fourth-order valence-corrected chi connectivity index (χ4v) is 2.82. The minimum Gasteiger partial charge on any atom is -0.359 e. The Morgan fingerprint density at radius 3 is 2.65 bits per heavy atom. The van der Waals surface area contributed by atoms with Gasteiger partial charge in [0.1, 0.15) is 0 Å². The Morgan fingerprint density at radius 2 is 2.00 bits per heavy atom. The number of benzene rings is 1. The second kappa shape index (κ2) is 9.15. The van der Waals surface area contributed by atoms with Gasteiger partial charge in [0.15, 0.2) is 0 Å². The van der Waals surface area contributed by atoms with E-state index in [2.05, 4.69) is 22.4 Å². The highest BCUT2D eigenvalue weighted by molar-refractivity contribution is 5.83. The van der Waals surface area contributed by atoms with Crippen molar-refractivity contribution in [3.8, 4) is 0 Å². The number of carbonyl (C=O) groups excluding carboxylic acids is 2. The van der Waals surface area contributed by atoms with E-state index in [0.717, 1.165) is 12.2 Å². The summed E-state index contributed by atoms with van der Waals surface area (Å²) in [6.45, 7) is 2.83.